The average molecular weight is 238 g/mol. The summed E-state index contributed by atoms with van der Waals surface area (Å²) in [5.74, 6) is 0.470. The van der Waals surface area contributed by atoms with Gasteiger partial charge in [0.1, 0.15) is 11.6 Å². The summed E-state index contributed by atoms with van der Waals surface area (Å²) in [4.78, 5) is 14.2. The van der Waals surface area contributed by atoms with Crippen molar-refractivity contribution in [3.63, 3.8) is 0 Å². The number of aromatic nitrogens is 2. The SMILES string of the molecule is Cn1c(N)cc(N)nc1=O.O=S(=O)(O)O. The molecule has 0 fully saturated rings. The van der Waals surface area contributed by atoms with E-state index in [1.165, 1.54) is 17.7 Å². The molecule has 1 rings (SSSR count). The molecule has 0 aromatic carbocycles. The lowest BCUT2D eigenvalue weighted by atomic mass is 10.5. The second-order valence-electron chi connectivity index (χ2n) is 2.40. The summed E-state index contributed by atoms with van der Waals surface area (Å²) in [5, 5.41) is 0. The van der Waals surface area contributed by atoms with E-state index in [2.05, 4.69) is 4.98 Å². The highest BCUT2D eigenvalue weighted by Gasteiger charge is 1.96. The number of hydrogen-bond donors (Lipinski definition) is 4. The van der Waals surface area contributed by atoms with Crippen molar-refractivity contribution in [2.45, 2.75) is 0 Å². The van der Waals surface area contributed by atoms with Crippen LogP contribution in [0.25, 0.3) is 0 Å². The van der Waals surface area contributed by atoms with E-state index in [4.69, 9.17) is 29.0 Å². The van der Waals surface area contributed by atoms with Gasteiger partial charge in [-0.05, 0) is 0 Å². The Balaban J connectivity index is 0.000000336. The van der Waals surface area contributed by atoms with Crippen molar-refractivity contribution in [3.8, 4) is 0 Å². The Kier molecular flexibility index (Phi) is 4.21. The van der Waals surface area contributed by atoms with Crippen LogP contribution in [0.15, 0.2) is 10.9 Å². The van der Waals surface area contributed by atoms with Gasteiger partial charge in [0.25, 0.3) is 0 Å². The first kappa shape index (κ1) is 13.4. The molecule has 0 aliphatic rings. The number of nitrogen functional groups attached to an aromatic ring is 2. The Morgan fingerprint density at radius 1 is 1.40 bits per heavy atom. The number of anilines is 2. The molecule has 86 valence electrons. The van der Waals surface area contributed by atoms with Crippen LogP contribution < -0.4 is 17.2 Å². The predicted molar refractivity (Wildman–Crippen MR) is 52.5 cm³/mol. The van der Waals surface area contributed by atoms with Crippen LogP contribution in [0.3, 0.4) is 0 Å². The summed E-state index contributed by atoms with van der Waals surface area (Å²) in [7, 11) is -3.13. The number of nitrogens with two attached hydrogens (primary N) is 2. The fraction of sp³-hybridized carbons (Fsp3) is 0.200. The lowest BCUT2D eigenvalue weighted by Crippen LogP contribution is -2.23. The van der Waals surface area contributed by atoms with Crippen molar-refractivity contribution in [1.29, 1.82) is 0 Å². The smallest absolute Gasteiger partial charge is 0.385 e. The monoisotopic (exact) mass is 238 g/mol. The molecular formula is C5H10N4O5S. The maximum Gasteiger partial charge on any atom is 0.394 e. The third-order valence-electron chi connectivity index (χ3n) is 1.19. The van der Waals surface area contributed by atoms with Gasteiger partial charge in [-0.15, -0.1) is 0 Å². The average Bonchev–Trinajstić information content (AvgIpc) is 1.96. The van der Waals surface area contributed by atoms with E-state index in [1.54, 1.807) is 0 Å². The van der Waals surface area contributed by atoms with E-state index >= 15 is 0 Å². The molecule has 0 unspecified atom stereocenters. The number of hydrogen-bond acceptors (Lipinski definition) is 6. The number of rotatable bonds is 0. The highest BCUT2D eigenvalue weighted by Crippen LogP contribution is 1.98. The zero-order valence-corrected chi connectivity index (χ0v) is 8.47. The zero-order chi connectivity index (χ0) is 12.2. The molecule has 1 heterocycles. The zero-order valence-electron chi connectivity index (χ0n) is 7.65. The van der Waals surface area contributed by atoms with Gasteiger partial charge in [-0.2, -0.15) is 13.4 Å². The van der Waals surface area contributed by atoms with Gasteiger partial charge >= 0.3 is 16.1 Å². The Morgan fingerprint density at radius 3 is 2.13 bits per heavy atom. The topological polar surface area (TPSA) is 162 Å². The highest BCUT2D eigenvalue weighted by atomic mass is 32.3. The van der Waals surface area contributed by atoms with E-state index < -0.39 is 16.1 Å². The molecule has 0 aliphatic carbocycles. The molecule has 0 spiro atoms. The Labute approximate surface area is 84.9 Å². The van der Waals surface area contributed by atoms with Crippen LogP contribution in [0.1, 0.15) is 0 Å². The van der Waals surface area contributed by atoms with Gasteiger partial charge in [-0.3, -0.25) is 13.7 Å². The molecule has 9 nitrogen and oxygen atoms in total. The van der Waals surface area contributed by atoms with Crippen LogP contribution in [0.2, 0.25) is 0 Å². The van der Waals surface area contributed by atoms with Gasteiger partial charge in [0.05, 0.1) is 0 Å². The summed E-state index contributed by atoms with van der Waals surface area (Å²) < 4.78 is 32.8. The molecule has 0 bridgehead atoms. The standard InChI is InChI=1S/C5H8N4O.H2O4S/c1-9-4(7)2-3(6)8-5(9)10;1-5(2,3)4/h2H,7H2,1H3,(H2,6,8,10);(H2,1,2,3,4). The second kappa shape index (κ2) is 4.72. The van der Waals surface area contributed by atoms with Gasteiger partial charge in [0, 0.05) is 13.1 Å². The molecular weight excluding hydrogens is 228 g/mol. The van der Waals surface area contributed by atoms with Crippen molar-refractivity contribution in [2.75, 3.05) is 11.5 Å². The lowest BCUT2D eigenvalue weighted by molar-refractivity contribution is 0.381. The molecule has 15 heavy (non-hydrogen) atoms. The second-order valence-corrected chi connectivity index (χ2v) is 3.29. The van der Waals surface area contributed by atoms with Crippen LogP contribution in [0.4, 0.5) is 11.6 Å². The van der Waals surface area contributed by atoms with Gasteiger partial charge in [0.2, 0.25) is 0 Å². The van der Waals surface area contributed by atoms with Crippen molar-refractivity contribution >= 4 is 22.0 Å². The van der Waals surface area contributed by atoms with E-state index in [-0.39, 0.29) is 5.82 Å². The number of nitrogens with zero attached hydrogens (tertiary/aromatic N) is 2. The molecule has 1 aromatic heterocycles. The Morgan fingerprint density at radius 2 is 1.80 bits per heavy atom. The fourth-order valence-corrected chi connectivity index (χ4v) is 0.576. The summed E-state index contributed by atoms with van der Waals surface area (Å²) in [6.07, 6.45) is 0. The largest absolute Gasteiger partial charge is 0.394 e. The van der Waals surface area contributed by atoms with E-state index in [0.29, 0.717) is 5.82 Å². The van der Waals surface area contributed by atoms with Crippen LogP contribution in [0.5, 0.6) is 0 Å². The maximum absolute atomic E-state index is 10.8. The van der Waals surface area contributed by atoms with Gasteiger partial charge in [0.15, 0.2) is 0 Å². The third-order valence-corrected chi connectivity index (χ3v) is 1.19. The normalized spacial score (nSPS) is 10.3. The van der Waals surface area contributed by atoms with E-state index in [0.717, 1.165) is 0 Å². The minimum atomic E-state index is -4.67. The first-order valence-electron chi connectivity index (χ1n) is 3.40. The molecule has 0 aliphatic heterocycles. The molecule has 0 atom stereocenters. The summed E-state index contributed by atoms with van der Waals surface area (Å²) in [6.45, 7) is 0. The first-order chi connectivity index (χ1) is 6.61. The van der Waals surface area contributed by atoms with Crippen molar-refractivity contribution in [3.05, 3.63) is 16.6 Å². The quantitative estimate of drug-likeness (QED) is 0.388. The molecule has 1 aromatic rings. The van der Waals surface area contributed by atoms with E-state index in [9.17, 15) is 4.79 Å². The highest BCUT2D eigenvalue weighted by molar-refractivity contribution is 7.79. The van der Waals surface area contributed by atoms with Crippen LogP contribution >= 0.6 is 0 Å². The molecule has 0 saturated carbocycles. The lowest BCUT2D eigenvalue weighted by Gasteiger charge is -2.00. The van der Waals surface area contributed by atoms with Crippen LogP contribution in [-0.4, -0.2) is 27.1 Å². The molecule has 0 radical (unpaired) electrons. The summed E-state index contributed by atoms with van der Waals surface area (Å²) in [5.41, 5.74) is 10.2. The van der Waals surface area contributed by atoms with Crippen molar-refractivity contribution < 1.29 is 17.5 Å². The van der Waals surface area contributed by atoms with Crippen LogP contribution in [0, 0.1) is 0 Å². The molecule has 10 heteroatoms. The van der Waals surface area contributed by atoms with Gasteiger partial charge in [-0.25, -0.2) is 4.79 Å². The van der Waals surface area contributed by atoms with Crippen molar-refractivity contribution in [2.24, 2.45) is 7.05 Å². The summed E-state index contributed by atoms with van der Waals surface area (Å²) >= 11 is 0. The minimum Gasteiger partial charge on any atom is -0.385 e. The van der Waals surface area contributed by atoms with Crippen molar-refractivity contribution in [1.82, 2.24) is 9.55 Å². The third kappa shape index (κ3) is 6.42. The molecule has 0 saturated heterocycles. The fourth-order valence-electron chi connectivity index (χ4n) is 0.576. The Bertz CT molecular complexity index is 485. The van der Waals surface area contributed by atoms with Gasteiger partial charge < -0.3 is 11.5 Å². The molecule has 6 N–H and O–H groups in total. The van der Waals surface area contributed by atoms with Crippen LogP contribution in [-0.2, 0) is 17.4 Å². The summed E-state index contributed by atoms with van der Waals surface area (Å²) in [6, 6.07) is 1.43. The maximum atomic E-state index is 10.8. The Hall–Kier alpha value is -1.65. The van der Waals surface area contributed by atoms with Gasteiger partial charge in [-0.1, -0.05) is 0 Å². The predicted octanol–water partition coefficient (Wildman–Crippen LogP) is -1.71. The first-order valence-corrected chi connectivity index (χ1v) is 4.80. The minimum absolute atomic E-state index is 0.153. The van der Waals surface area contributed by atoms with E-state index in [1.807, 2.05) is 0 Å². The molecule has 0 amide bonds.